The third-order valence-corrected chi connectivity index (χ3v) is 25.9. The minimum atomic E-state index is -2.31. The zero-order chi connectivity index (χ0) is 24.2. The van der Waals surface area contributed by atoms with E-state index in [9.17, 15) is 0 Å². The fourth-order valence-corrected chi connectivity index (χ4v) is 25.4. The Morgan fingerprint density at radius 3 is 1.16 bits per heavy atom. The molecule has 4 aromatic rings. The molecule has 0 atom stereocenters. The Balaban J connectivity index is 0.00000168. The van der Waals surface area contributed by atoms with Crippen molar-refractivity contribution in [3.63, 3.8) is 0 Å². The van der Waals surface area contributed by atoms with Gasteiger partial charge in [0.15, 0.2) is 0 Å². The Labute approximate surface area is 246 Å². The molecule has 0 heterocycles. The van der Waals surface area contributed by atoms with Crippen molar-refractivity contribution in [2.45, 2.75) is 12.8 Å². The second-order valence-corrected chi connectivity index (χ2v) is 22.8. The first kappa shape index (κ1) is 28.5. The molecule has 0 nitrogen and oxygen atoms in total. The number of rotatable bonds is 6. The van der Waals surface area contributed by atoms with Crippen LogP contribution in [0.4, 0.5) is 0 Å². The van der Waals surface area contributed by atoms with Gasteiger partial charge in [-0.1, -0.05) is 0 Å². The molecule has 0 radical (unpaired) electrons. The average molecular weight is 627 g/mol. The van der Waals surface area contributed by atoms with Gasteiger partial charge in [0.05, 0.1) is 0 Å². The molecule has 0 N–H and O–H groups in total. The van der Waals surface area contributed by atoms with Gasteiger partial charge < -0.3 is 24.8 Å². The maximum Gasteiger partial charge on any atom is -1.00 e. The molecule has 0 fully saturated rings. The number of hydrogen-bond donors (Lipinski definition) is 0. The van der Waals surface area contributed by atoms with Crippen LogP contribution in [-0.2, 0) is 20.4 Å². The van der Waals surface area contributed by atoms with Gasteiger partial charge in [0, 0.05) is 0 Å². The number of allylic oxidation sites excluding steroid dienone is 8. The van der Waals surface area contributed by atoms with Crippen LogP contribution in [0.25, 0.3) is 11.1 Å². The maximum absolute atomic E-state index is 2.57. The molecule has 0 aliphatic heterocycles. The molecule has 2 aliphatic rings. The van der Waals surface area contributed by atoms with Crippen LogP contribution in [0.5, 0.6) is 0 Å². The largest absolute Gasteiger partial charge is 1.00 e. The summed E-state index contributed by atoms with van der Waals surface area (Å²) in [6.07, 6.45) is 12.3. The monoisotopic (exact) mass is 624 g/mol. The van der Waals surface area contributed by atoms with E-state index in [1.165, 1.54) is 22.3 Å². The van der Waals surface area contributed by atoms with Crippen LogP contribution in [-0.4, -0.2) is 5.43 Å². The second-order valence-electron chi connectivity index (χ2n) is 9.28. The van der Waals surface area contributed by atoms with Crippen LogP contribution in [0, 0.1) is 0 Å². The number of halogens is 2. The summed E-state index contributed by atoms with van der Waals surface area (Å²) in [7, 11) is 0. The van der Waals surface area contributed by atoms with Crippen LogP contribution in [0.15, 0.2) is 152 Å². The maximum atomic E-state index is 2.57. The predicted molar refractivity (Wildman–Crippen MR) is 152 cm³/mol. The van der Waals surface area contributed by atoms with Crippen molar-refractivity contribution in [2.24, 2.45) is 0 Å². The SMILES string of the molecule is C1=C(c2ccccc2)C=[C]([Zr+2]([C]2=CC(c3ccccc3)=CC2)=[Si](c2ccccc2)c2ccccc2)C1.[Cl-].[Cl-]. The first-order valence-electron chi connectivity index (χ1n) is 12.6. The van der Waals surface area contributed by atoms with Gasteiger partial charge in [-0.2, -0.15) is 0 Å². The Hall–Kier alpha value is -2.48. The molecule has 0 saturated heterocycles. The van der Waals surface area contributed by atoms with Gasteiger partial charge >= 0.3 is 223 Å². The smallest absolute Gasteiger partial charge is 1.00 e. The molecule has 2 aliphatic carbocycles. The Bertz CT molecular complexity index is 1420. The minimum absolute atomic E-state index is 0. The van der Waals surface area contributed by atoms with E-state index in [2.05, 4.69) is 146 Å². The summed E-state index contributed by atoms with van der Waals surface area (Å²) in [6, 6.07) is 44.6. The molecule has 4 aromatic carbocycles. The zero-order valence-electron chi connectivity index (χ0n) is 21.0. The first-order chi connectivity index (χ1) is 17.9. The van der Waals surface area contributed by atoms with E-state index in [1.807, 2.05) is 0 Å². The van der Waals surface area contributed by atoms with Gasteiger partial charge in [-0.25, -0.2) is 0 Å². The summed E-state index contributed by atoms with van der Waals surface area (Å²) >= 11 is -2.31. The summed E-state index contributed by atoms with van der Waals surface area (Å²) in [5, 5.41) is 3.12. The Morgan fingerprint density at radius 2 is 0.789 bits per heavy atom. The molecule has 0 aromatic heterocycles. The molecule has 4 heteroatoms. The van der Waals surface area contributed by atoms with Crippen molar-refractivity contribution in [3.8, 4) is 0 Å². The van der Waals surface area contributed by atoms with Gasteiger partial charge in [0.1, 0.15) is 0 Å². The van der Waals surface area contributed by atoms with E-state index in [4.69, 9.17) is 0 Å². The molecule has 0 saturated carbocycles. The molecular weight excluding hydrogens is 599 g/mol. The predicted octanol–water partition coefficient (Wildman–Crippen LogP) is 1.16. The van der Waals surface area contributed by atoms with Crippen LogP contribution in [0.3, 0.4) is 0 Å². The van der Waals surface area contributed by atoms with Crippen molar-refractivity contribution in [1.82, 2.24) is 0 Å². The summed E-state index contributed by atoms with van der Waals surface area (Å²) in [5.41, 5.74) is 4.57. The van der Waals surface area contributed by atoms with E-state index in [0.29, 0.717) is 0 Å². The van der Waals surface area contributed by atoms with Gasteiger partial charge in [-0.15, -0.1) is 0 Å². The zero-order valence-corrected chi connectivity index (χ0v) is 26.0. The minimum Gasteiger partial charge on any atom is -1.00 e. The molecule has 0 bridgehead atoms. The summed E-state index contributed by atoms with van der Waals surface area (Å²) < 4.78 is 3.48. The van der Waals surface area contributed by atoms with E-state index >= 15 is 0 Å². The molecule has 186 valence electrons. The molecular formula is C34H28Cl2SiZr. The summed E-state index contributed by atoms with van der Waals surface area (Å²) in [5.74, 6) is 0. The molecule has 0 unspecified atom stereocenters. The second kappa shape index (κ2) is 13.5. The molecule has 6 rings (SSSR count). The van der Waals surface area contributed by atoms with Crippen LogP contribution in [0.1, 0.15) is 24.0 Å². The van der Waals surface area contributed by atoms with Crippen LogP contribution >= 0.6 is 0 Å². The standard InChI is InChI=1S/C12H10Si.2C11H9.2ClH.Zr/c1-3-7-11(8-4-1)13-12-9-5-2-6-10-12;2*1-2-6-10(7-3-1)11-8-4-5-9-11;;;/h1-10H;2*1-3,6-9H,4H2;2*1H;/q;;;;;+2/p-2. The topological polar surface area (TPSA) is 0 Å². The van der Waals surface area contributed by atoms with Crippen molar-refractivity contribution in [3.05, 3.63) is 163 Å². The van der Waals surface area contributed by atoms with E-state index in [-0.39, 0.29) is 24.8 Å². The Morgan fingerprint density at radius 1 is 0.447 bits per heavy atom. The number of benzene rings is 4. The third kappa shape index (κ3) is 6.22. The van der Waals surface area contributed by atoms with Crippen LogP contribution in [0.2, 0.25) is 0 Å². The van der Waals surface area contributed by atoms with Crippen molar-refractivity contribution in [2.75, 3.05) is 0 Å². The average Bonchev–Trinajstić information content (AvgIpc) is 3.64. The first-order valence-corrected chi connectivity index (χ1v) is 20.3. The molecule has 0 spiro atoms. The van der Waals surface area contributed by atoms with E-state index < -0.39 is 25.8 Å². The van der Waals surface area contributed by atoms with Crippen molar-refractivity contribution in [1.29, 1.82) is 0 Å². The third-order valence-electron chi connectivity index (χ3n) is 6.97. The number of hydrogen-bond acceptors (Lipinski definition) is 0. The summed E-state index contributed by atoms with van der Waals surface area (Å²) in [4.78, 5) is 0. The van der Waals surface area contributed by atoms with Gasteiger partial charge in [-0.05, 0) is 0 Å². The fourth-order valence-electron chi connectivity index (χ4n) is 5.26. The normalized spacial score (nSPS) is 13.6. The fraction of sp³-hybridized carbons (Fsp3) is 0.0588. The summed E-state index contributed by atoms with van der Waals surface area (Å²) in [6.45, 7) is 0. The van der Waals surface area contributed by atoms with Crippen molar-refractivity contribution >= 4 is 27.0 Å². The van der Waals surface area contributed by atoms with Gasteiger partial charge in [0.2, 0.25) is 0 Å². The molecule has 38 heavy (non-hydrogen) atoms. The van der Waals surface area contributed by atoms with Gasteiger partial charge in [0.25, 0.3) is 0 Å². The van der Waals surface area contributed by atoms with Crippen LogP contribution < -0.4 is 35.2 Å². The Kier molecular flexibility index (Phi) is 10.2. The van der Waals surface area contributed by atoms with E-state index in [0.717, 1.165) is 12.8 Å². The van der Waals surface area contributed by atoms with E-state index in [1.54, 1.807) is 16.9 Å². The quantitative estimate of drug-likeness (QED) is 0.282. The molecule has 0 amide bonds. The van der Waals surface area contributed by atoms with Crippen molar-refractivity contribution < 1.29 is 45.2 Å². The van der Waals surface area contributed by atoms with Gasteiger partial charge in [-0.3, -0.25) is 0 Å².